The van der Waals surface area contributed by atoms with Crippen LogP contribution in [0.1, 0.15) is 24.4 Å². The summed E-state index contributed by atoms with van der Waals surface area (Å²) < 4.78 is 18.3. The molecule has 3 N–H and O–H groups in total. The van der Waals surface area contributed by atoms with Crippen molar-refractivity contribution >= 4 is 5.91 Å². The van der Waals surface area contributed by atoms with Crippen molar-refractivity contribution in [2.75, 3.05) is 6.54 Å². The Morgan fingerprint density at radius 3 is 2.50 bits per heavy atom. The Morgan fingerprint density at radius 2 is 1.90 bits per heavy atom. The summed E-state index contributed by atoms with van der Waals surface area (Å²) in [5.74, 6) is 0.0725. The van der Waals surface area contributed by atoms with Crippen molar-refractivity contribution in [1.82, 2.24) is 5.32 Å². The zero-order valence-electron chi connectivity index (χ0n) is 11.4. The summed E-state index contributed by atoms with van der Waals surface area (Å²) in [6.07, 6.45) is 0. The summed E-state index contributed by atoms with van der Waals surface area (Å²) in [5, 5.41) is 2.78. The van der Waals surface area contributed by atoms with Gasteiger partial charge in [-0.3, -0.25) is 4.79 Å². The molecule has 20 heavy (non-hydrogen) atoms. The van der Waals surface area contributed by atoms with Crippen molar-refractivity contribution < 1.29 is 13.6 Å². The second-order valence-electron chi connectivity index (χ2n) is 5.21. The second-order valence-corrected chi connectivity index (χ2v) is 5.21. The third-order valence-corrected chi connectivity index (χ3v) is 2.92. The molecule has 0 aliphatic heterocycles. The molecule has 2 aromatic rings. The Kier molecular flexibility index (Phi) is 3.90. The molecule has 0 unspecified atom stereocenters. The van der Waals surface area contributed by atoms with Crippen molar-refractivity contribution in [3.8, 4) is 11.3 Å². The molecule has 5 heteroatoms. The van der Waals surface area contributed by atoms with E-state index in [1.165, 1.54) is 12.1 Å². The van der Waals surface area contributed by atoms with Gasteiger partial charge >= 0.3 is 0 Å². The fourth-order valence-electron chi connectivity index (χ4n) is 1.65. The minimum Gasteiger partial charge on any atom is -0.451 e. The third kappa shape index (κ3) is 3.24. The van der Waals surface area contributed by atoms with E-state index in [0.717, 1.165) is 0 Å². The highest BCUT2D eigenvalue weighted by Gasteiger charge is 2.21. The summed E-state index contributed by atoms with van der Waals surface area (Å²) >= 11 is 0. The van der Waals surface area contributed by atoms with Crippen molar-refractivity contribution in [2.45, 2.75) is 19.4 Å². The van der Waals surface area contributed by atoms with Gasteiger partial charge in [0.25, 0.3) is 5.91 Å². The van der Waals surface area contributed by atoms with Crippen LogP contribution < -0.4 is 11.1 Å². The highest BCUT2D eigenvalue weighted by Crippen LogP contribution is 2.22. The predicted molar refractivity (Wildman–Crippen MR) is 74.7 cm³/mol. The van der Waals surface area contributed by atoms with Gasteiger partial charge in [0.2, 0.25) is 0 Å². The maximum absolute atomic E-state index is 12.9. The van der Waals surface area contributed by atoms with Crippen molar-refractivity contribution in [1.29, 1.82) is 0 Å². The number of benzene rings is 1. The average molecular weight is 276 g/mol. The van der Waals surface area contributed by atoms with E-state index in [1.54, 1.807) is 24.3 Å². The van der Waals surface area contributed by atoms with Gasteiger partial charge in [0, 0.05) is 17.6 Å². The zero-order chi connectivity index (χ0) is 14.8. The minimum atomic E-state index is -0.500. The number of nitrogens with two attached hydrogens (primary N) is 1. The van der Waals surface area contributed by atoms with Crippen LogP contribution in [0.3, 0.4) is 0 Å². The van der Waals surface area contributed by atoms with Crippen LogP contribution in [0, 0.1) is 5.82 Å². The van der Waals surface area contributed by atoms with Crippen LogP contribution in [0.2, 0.25) is 0 Å². The number of carbonyl (C=O) groups excluding carboxylic acids is 1. The van der Waals surface area contributed by atoms with Crippen LogP contribution >= 0.6 is 0 Å². The first-order chi connectivity index (χ1) is 9.41. The first-order valence-electron chi connectivity index (χ1n) is 6.30. The summed E-state index contributed by atoms with van der Waals surface area (Å²) in [5.41, 5.74) is 5.77. The molecule has 0 bridgehead atoms. The Labute approximate surface area is 116 Å². The molecule has 2 rings (SSSR count). The van der Waals surface area contributed by atoms with Gasteiger partial charge in [-0.15, -0.1) is 0 Å². The zero-order valence-corrected chi connectivity index (χ0v) is 11.4. The van der Waals surface area contributed by atoms with E-state index in [9.17, 15) is 9.18 Å². The second kappa shape index (κ2) is 5.46. The monoisotopic (exact) mass is 276 g/mol. The molecule has 0 radical (unpaired) electrons. The van der Waals surface area contributed by atoms with E-state index in [4.69, 9.17) is 10.2 Å². The van der Waals surface area contributed by atoms with Crippen molar-refractivity contribution in [3.63, 3.8) is 0 Å². The maximum Gasteiger partial charge on any atom is 0.287 e. The van der Waals surface area contributed by atoms with Crippen molar-refractivity contribution in [2.24, 2.45) is 5.73 Å². The molecule has 0 spiro atoms. The number of hydrogen-bond donors (Lipinski definition) is 2. The first-order valence-corrected chi connectivity index (χ1v) is 6.30. The van der Waals surface area contributed by atoms with Gasteiger partial charge in [0.15, 0.2) is 5.76 Å². The Hall–Kier alpha value is -2.14. The molecule has 1 aromatic carbocycles. The summed E-state index contributed by atoms with van der Waals surface area (Å²) in [6.45, 7) is 3.98. The van der Waals surface area contributed by atoms with Gasteiger partial charge in [0.05, 0.1) is 0 Å². The first kappa shape index (κ1) is 14.3. The lowest BCUT2D eigenvalue weighted by molar-refractivity contribution is 0.0888. The minimum absolute atomic E-state index is 0.200. The Balaban J connectivity index is 2.17. The number of carbonyl (C=O) groups is 1. The number of amides is 1. The molecule has 1 amide bonds. The lowest BCUT2D eigenvalue weighted by atomic mass is 10.1. The smallest absolute Gasteiger partial charge is 0.287 e. The summed E-state index contributed by atoms with van der Waals surface area (Å²) in [7, 11) is 0. The average Bonchev–Trinajstić information content (AvgIpc) is 2.89. The highest BCUT2D eigenvalue weighted by molar-refractivity contribution is 5.92. The largest absolute Gasteiger partial charge is 0.451 e. The van der Waals surface area contributed by atoms with Crippen LogP contribution in [0.15, 0.2) is 40.8 Å². The lowest BCUT2D eigenvalue weighted by Gasteiger charge is -2.23. The molecule has 0 saturated carbocycles. The highest BCUT2D eigenvalue weighted by atomic mass is 19.1. The van der Waals surface area contributed by atoms with E-state index in [0.29, 0.717) is 17.9 Å². The van der Waals surface area contributed by atoms with Gasteiger partial charge < -0.3 is 15.5 Å². The van der Waals surface area contributed by atoms with Crippen LogP contribution in [0.25, 0.3) is 11.3 Å². The van der Waals surface area contributed by atoms with Gasteiger partial charge in [-0.25, -0.2) is 4.39 Å². The van der Waals surface area contributed by atoms with E-state index in [2.05, 4.69) is 5.32 Å². The molecule has 0 aliphatic carbocycles. The number of halogens is 1. The predicted octanol–water partition coefficient (Wildman–Crippen LogP) is 2.55. The van der Waals surface area contributed by atoms with E-state index in [1.807, 2.05) is 13.8 Å². The third-order valence-electron chi connectivity index (χ3n) is 2.92. The molecule has 0 aliphatic rings. The number of nitrogens with one attached hydrogen (secondary N) is 1. The van der Waals surface area contributed by atoms with Gasteiger partial charge in [-0.2, -0.15) is 0 Å². The van der Waals surface area contributed by atoms with Crippen LogP contribution in [-0.2, 0) is 0 Å². The number of hydrogen-bond acceptors (Lipinski definition) is 3. The molecule has 1 heterocycles. The van der Waals surface area contributed by atoms with Gasteiger partial charge in [-0.05, 0) is 50.2 Å². The van der Waals surface area contributed by atoms with Gasteiger partial charge in [-0.1, -0.05) is 0 Å². The fourth-order valence-corrected chi connectivity index (χ4v) is 1.65. The Morgan fingerprint density at radius 1 is 1.25 bits per heavy atom. The molecule has 0 saturated heterocycles. The van der Waals surface area contributed by atoms with Crippen molar-refractivity contribution in [3.05, 3.63) is 48.0 Å². The van der Waals surface area contributed by atoms with Crippen LogP contribution in [0.4, 0.5) is 4.39 Å². The maximum atomic E-state index is 12.9. The summed E-state index contributed by atoms with van der Waals surface area (Å²) in [6, 6.07) is 9.14. The van der Waals surface area contributed by atoms with Crippen LogP contribution in [-0.4, -0.2) is 18.0 Å². The summed E-state index contributed by atoms with van der Waals surface area (Å²) in [4.78, 5) is 12.0. The Bertz CT molecular complexity index is 603. The van der Waals surface area contributed by atoms with E-state index >= 15 is 0 Å². The number of rotatable bonds is 4. The lowest BCUT2D eigenvalue weighted by Crippen LogP contribution is -2.48. The topological polar surface area (TPSA) is 68.3 Å². The van der Waals surface area contributed by atoms with E-state index < -0.39 is 5.54 Å². The molecule has 1 aromatic heterocycles. The normalized spacial score (nSPS) is 11.4. The molecule has 0 fully saturated rings. The molecule has 0 atom stereocenters. The number of furan rings is 1. The van der Waals surface area contributed by atoms with Gasteiger partial charge in [0.1, 0.15) is 11.6 Å². The SMILES string of the molecule is CC(C)(CN)NC(=O)c1ccc(-c2ccc(F)cc2)o1. The molecule has 4 nitrogen and oxygen atoms in total. The standard InChI is InChI=1S/C15H17FN2O2/c1-15(2,9-17)18-14(19)13-8-7-12(20-13)10-3-5-11(16)6-4-10/h3-8H,9,17H2,1-2H3,(H,18,19). The fraction of sp³-hybridized carbons (Fsp3) is 0.267. The van der Waals surface area contributed by atoms with E-state index in [-0.39, 0.29) is 17.5 Å². The van der Waals surface area contributed by atoms with Crippen LogP contribution in [0.5, 0.6) is 0 Å². The molecule has 106 valence electrons. The molecular weight excluding hydrogens is 259 g/mol. The quantitative estimate of drug-likeness (QED) is 0.901. The molecular formula is C15H17FN2O2.